The van der Waals surface area contributed by atoms with E-state index >= 15 is 0 Å². The van der Waals surface area contributed by atoms with Crippen molar-refractivity contribution in [3.05, 3.63) is 81.4 Å². The lowest BCUT2D eigenvalue weighted by Gasteiger charge is -2.09. The molecule has 0 unspecified atom stereocenters. The minimum atomic E-state index is -0.441. The molecule has 1 amide bonds. The molecule has 1 aliphatic rings. The first-order valence-electron chi connectivity index (χ1n) is 9.13. The van der Waals surface area contributed by atoms with Crippen molar-refractivity contribution in [1.29, 1.82) is 0 Å². The maximum absolute atomic E-state index is 12.6. The summed E-state index contributed by atoms with van der Waals surface area (Å²) in [5.41, 5.74) is 2.93. The Hall–Kier alpha value is -3.30. The molecule has 0 N–H and O–H groups in total. The second-order valence-corrected chi connectivity index (χ2v) is 8.12. The first kappa shape index (κ1) is 20.0. The van der Waals surface area contributed by atoms with E-state index < -0.39 is 4.92 Å². The lowest BCUT2D eigenvalue weighted by Crippen LogP contribution is -2.27. The molecule has 1 saturated heterocycles. The highest BCUT2D eigenvalue weighted by molar-refractivity contribution is 8.26. The zero-order valence-electron chi connectivity index (χ0n) is 15.9. The number of carbonyl (C=O) groups is 1. The van der Waals surface area contributed by atoms with E-state index in [1.165, 1.54) is 23.9 Å². The van der Waals surface area contributed by atoms with Gasteiger partial charge in [0.05, 0.1) is 21.2 Å². The zero-order chi connectivity index (χ0) is 21.3. The molecule has 150 valence electrons. The van der Waals surface area contributed by atoms with Gasteiger partial charge in [0, 0.05) is 36.0 Å². The van der Waals surface area contributed by atoms with Gasteiger partial charge in [0.2, 0.25) is 0 Å². The number of nitro benzene ring substituents is 1. The van der Waals surface area contributed by atoms with Gasteiger partial charge in [0.1, 0.15) is 4.32 Å². The van der Waals surface area contributed by atoms with E-state index in [0.29, 0.717) is 27.0 Å². The molecule has 0 bridgehead atoms. The molecule has 7 nitrogen and oxygen atoms in total. The second-order valence-electron chi connectivity index (χ2n) is 6.44. The SMILES string of the molecule is CCN1C(=O)/C(=C\c2cn(-c3ccccc3)nc2-c2ccc([N+](=O)[O-])cc2)SC1=S. The highest BCUT2D eigenvalue weighted by Gasteiger charge is 2.31. The van der Waals surface area contributed by atoms with Crippen molar-refractivity contribution in [2.24, 2.45) is 0 Å². The second kappa shape index (κ2) is 8.21. The van der Waals surface area contributed by atoms with Gasteiger partial charge < -0.3 is 0 Å². The Balaban J connectivity index is 1.81. The van der Waals surface area contributed by atoms with E-state index in [1.54, 1.807) is 27.8 Å². The molecule has 0 atom stereocenters. The lowest BCUT2D eigenvalue weighted by molar-refractivity contribution is -0.384. The van der Waals surface area contributed by atoms with Gasteiger partial charge in [0.15, 0.2) is 0 Å². The van der Waals surface area contributed by atoms with Crippen LogP contribution in [0.4, 0.5) is 5.69 Å². The summed E-state index contributed by atoms with van der Waals surface area (Å²) in [6, 6.07) is 15.8. The van der Waals surface area contributed by atoms with Crippen molar-refractivity contribution in [3.8, 4) is 16.9 Å². The average molecular weight is 437 g/mol. The Morgan fingerprint density at radius 1 is 1.17 bits per heavy atom. The van der Waals surface area contributed by atoms with Gasteiger partial charge in [0.25, 0.3) is 11.6 Å². The molecule has 0 radical (unpaired) electrons. The Labute approximate surface area is 182 Å². The fraction of sp³-hybridized carbons (Fsp3) is 0.0952. The number of thioether (sulfide) groups is 1. The number of hydrogen-bond donors (Lipinski definition) is 0. The molecule has 1 aliphatic heterocycles. The third kappa shape index (κ3) is 3.77. The summed E-state index contributed by atoms with van der Waals surface area (Å²) in [7, 11) is 0. The van der Waals surface area contributed by atoms with E-state index in [4.69, 9.17) is 12.2 Å². The number of thiocarbonyl (C=S) groups is 1. The fourth-order valence-electron chi connectivity index (χ4n) is 3.09. The summed E-state index contributed by atoms with van der Waals surface area (Å²) in [6.07, 6.45) is 3.61. The van der Waals surface area contributed by atoms with Crippen molar-refractivity contribution >= 4 is 46.0 Å². The third-order valence-corrected chi connectivity index (χ3v) is 5.97. The normalized spacial score (nSPS) is 15.2. The predicted molar refractivity (Wildman–Crippen MR) is 121 cm³/mol. The largest absolute Gasteiger partial charge is 0.293 e. The zero-order valence-corrected chi connectivity index (χ0v) is 17.5. The first-order chi connectivity index (χ1) is 14.5. The molecular formula is C21H16N4O3S2. The van der Waals surface area contributed by atoms with E-state index in [-0.39, 0.29) is 11.6 Å². The standard InChI is InChI=1S/C21H16N4O3S2/c1-2-23-20(26)18(30-21(23)29)12-15-13-24(16-6-4-3-5-7-16)22-19(15)14-8-10-17(11-9-14)25(27)28/h3-13H,2H2,1H3/b18-12+. The maximum atomic E-state index is 12.6. The van der Waals surface area contributed by atoms with Crippen LogP contribution in [0, 0.1) is 10.1 Å². The summed E-state index contributed by atoms with van der Waals surface area (Å²) in [6.45, 7) is 2.39. The molecule has 3 aromatic rings. The monoisotopic (exact) mass is 436 g/mol. The van der Waals surface area contributed by atoms with Gasteiger partial charge in [-0.2, -0.15) is 5.10 Å². The van der Waals surface area contributed by atoms with E-state index in [2.05, 4.69) is 5.10 Å². The van der Waals surface area contributed by atoms with Crippen LogP contribution in [-0.2, 0) is 4.79 Å². The summed E-state index contributed by atoms with van der Waals surface area (Å²) in [4.78, 5) is 25.3. The van der Waals surface area contributed by atoms with Crippen LogP contribution in [0.5, 0.6) is 0 Å². The molecule has 4 rings (SSSR count). The average Bonchev–Trinajstić information content (AvgIpc) is 3.29. The molecule has 0 spiro atoms. The fourth-order valence-corrected chi connectivity index (χ4v) is 4.46. The quantitative estimate of drug-likeness (QED) is 0.250. The van der Waals surface area contributed by atoms with Gasteiger partial charge in [-0.15, -0.1) is 0 Å². The molecule has 2 heterocycles. The highest BCUT2D eigenvalue weighted by Crippen LogP contribution is 2.35. The van der Waals surface area contributed by atoms with Crippen molar-refractivity contribution in [2.45, 2.75) is 6.92 Å². The number of likely N-dealkylation sites (N-methyl/N-ethyl adjacent to an activating group) is 1. The molecule has 30 heavy (non-hydrogen) atoms. The van der Waals surface area contributed by atoms with E-state index in [0.717, 1.165) is 11.3 Å². The smallest absolute Gasteiger partial charge is 0.269 e. The predicted octanol–water partition coefficient (Wildman–Crippen LogP) is 4.67. The van der Waals surface area contributed by atoms with Gasteiger partial charge in [-0.3, -0.25) is 19.8 Å². The van der Waals surface area contributed by atoms with Crippen LogP contribution in [0.3, 0.4) is 0 Å². The van der Waals surface area contributed by atoms with Crippen LogP contribution in [0.2, 0.25) is 0 Å². The van der Waals surface area contributed by atoms with Crippen LogP contribution in [0.25, 0.3) is 23.0 Å². The van der Waals surface area contributed by atoms with Crippen LogP contribution < -0.4 is 0 Å². The summed E-state index contributed by atoms with van der Waals surface area (Å²) >= 11 is 6.56. The minimum absolute atomic E-state index is 0.00612. The Bertz CT molecular complexity index is 1170. The number of benzene rings is 2. The number of nitro groups is 1. The van der Waals surface area contributed by atoms with Gasteiger partial charge >= 0.3 is 0 Å². The van der Waals surface area contributed by atoms with Gasteiger partial charge in [-0.1, -0.05) is 42.2 Å². The highest BCUT2D eigenvalue weighted by atomic mass is 32.2. The first-order valence-corrected chi connectivity index (χ1v) is 10.4. The molecular weight excluding hydrogens is 420 g/mol. The number of amides is 1. The number of para-hydroxylation sites is 1. The molecule has 0 aliphatic carbocycles. The molecule has 2 aromatic carbocycles. The van der Waals surface area contributed by atoms with Crippen LogP contribution in [0.15, 0.2) is 65.7 Å². The Morgan fingerprint density at radius 3 is 2.47 bits per heavy atom. The summed E-state index contributed by atoms with van der Waals surface area (Å²) in [5.74, 6) is -0.130. The Morgan fingerprint density at radius 2 is 1.87 bits per heavy atom. The number of carbonyl (C=O) groups excluding carboxylic acids is 1. The molecule has 0 saturated carbocycles. The number of nitrogens with zero attached hydrogens (tertiary/aromatic N) is 4. The Kier molecular flexibility index (Phi) is 5.47. The van der Waals surface area contributed by atoms with Gasteiger partial charge in [-0.05, 0) is 37.3 Å². The van der Waals surface area contributed by atoms with Crippen molar-refractivity contribution < 1.29 is 9.72 Å². The summed E-state index contributed by atoms with van der Waals surface area (Å²) in [5, 5.41) is 15.7. The van der Waals surface area contributed by atoms with Crippen LogP contribution >= 0.6 is 24.0 Å². The topological polar surface area (TPSA) is 81.3 Å². The van der Waals surface area contributed by atoms with Crippen LogP contribution in [0.1, 0.15) is 12.5 Å². The number of aromatic nitrogens is 2. The van der Waals surface area contributed by atoms with E-state index in [9.17, 15) is 14.9 Å². The third-order valence-electron chi connectivity index (χ3n) is 4.59. The maximum Gasteiger partial charge on any atom is 0.269 e. The van der Waals surface area contributed by atoms with Gasteiger partial charge in [-0.25, -0.2) is 4.68 Å². The number of rotatable bonds is 5. The summed E-state index contributed by atoms with van der Waals surface area (Å²) < 4.78 is 2.25. The minimum Gasteiger partial charge on any atom is -0.293 e. The molecule has 1 aromatic heterocycles. The number of hydrogen-bond acceptors (Lipinski definition) is 6. The molecule has 9 heteroatoms. The number of non-ortho nitro benzene ring substituents is 1. The van der Waals surface area contributed by atoms with Crippen LogP contribution in [-0.4, -0.2) is 36.4 Å². The molecule has 1 fully saturated rings. The van der Waals surface area contributed by atoms with E-state index in [1.807, 2.05) is 43.5 Å². The lowest BCUT2D eigenvalue weighted by atomic mass is 10.1. The van der Waals surface area contributed by atoms with Crippen molar-refractivity contribution in [2.75, 3.05) is 6.54 Å². The van der Waals surface area contributed by atoms with Crippen molar-refractivity contribution in [1.82, 2.24) is 14.7 Å². The van der Waals surface area contributed by atoms with Crippen molar-refractivity contribution in [3.63, 3.8) is 0 Å².